The summed E-state index contributed by atoms with van der Waals surface area (Å²) in [7, 11) is -1.10. The number of fused-ring (bicyclic) bond motifs is 3. The standard InChI is InChI=1S/C23H33N3O3SSi/c1-15(2)23(28)8-6-7-17-18-11-19(30-20(18)22(27)25-21(17)23)16-12-24-26(13-16)14-29-9-10-31(3,4)5/h11-13,15,28H,6-10,14H2,1-5H3,(H,25,27). The first kappa shape index (κ1) is 22.5. The number of thiophene rings is 1. The van der Waals surface area contributed by atoms with E-state index in [2.05, 4.69) is 35.8 Å². The average molecular weight is 460 g/mol. The SMILES string of the molecule is CC(C)C1(O)CCCc2c1[nH]c(=O)c1sc(-c3cnn(COCC[Si](C)(C)C)c3)cc21. The highest BCUT2D eigenvalue weighted by molar-refractivity contribution is 7.22. The maximum atomic E-state index is 12.9. The number of hydrogen-bond acceptors (Lipinski definition) is 5. The van der Waals surface area contributed by atoms with Gasteiger partial charge in [-0.1, -0.05) is 33.5 Å². The van der Waals surface area contributed by atoms with Crippen molar-refractivity contribution in [3.8, 4) is 10.4 Å². The van der Waals surface area contributed by atoms with Gasteiger partial charge >= 0.3 is 0 Å². The lowest BCUT2D eigenvalue weighted by molar-refractivity contribution is -0.0301. The zero-order chi connectivity index (χ0) is 22.4. The van der Waals surface area contributed by atoms with Crippen LogP contribution in [0.15, 0.2) is 23.3 Å². The van der Waals surface area contributed by atoms with Crippen LogP contribution in [0, 0.1) is 5.92 Å². The fourth-order valence-corrected chi connectivity index (χ4v) is 6.08. The van der Waals surface area contributed by atoms with Crippen LogP contribution in [0.5, 0.6) is 0 Å². The summed E-state index contributed by atoms with van der Waals surface area (Å²) in [6.45, 7) is 12.2. The van der Waals surface area contributed by atoms with Crippen LogP contribution in [0.3, 0.4) is 0 Å². The first-order valence-electron chi connectivity index (χ1n) is 11.1. The number of aromatic amines is 1. The van der Waals surface area contributed by atoms with E-state index in [4.69, 9.17) is 4.74 Å². The van der Waals surface area contributed by atoms with Gasteiger partial charge in [0.15, 0.2) is 0 Å². The van der Waals surface area contributed by atoms with Crippen molar-refractivity contribution < 1.29 is 9.84 Å². The molecule has 3 heterocycles. The lowest BCUT2D eigenvalue weighted by Gasteiger charge is -2.37. The number of aromatic nitrogens is 3. The summed E-state index contributed by atoms with van der Waals surface area (Å²) in [5.41, 5.74) is 1.69. The van der Waals surface area contributed by atoms with E-state index in [1.807, 2.05) is 26.2 Å². The molecule has 1 aliphatic carbocycles. The van der Waals surface area contributed by atoms with Crippen LogP contribution in [-0.4, -0.2) is 34.6 Å². The van der Waals surface area contributed by atoms with E-state index in [9.17, 15) is 9.90 Å². The van der Waals surface area contributed by atoms with Crippen molar-refractivity contribution in [3.63, 3.8) is 0 Å². The lowest BCUT2D eigenvalue weighted by Crippen LogP contribution is -2.38. The topological polar surface area (TPSA) is 80.1 Å². The van der Waals surface area contributed by atoms with Gasteiger partial charge in [-0.2, -0.15) is 5.10 Å². The Bertz CT molecular complexity index is 1140. The Hall–Kier alpha value is -1.74. The van der Waals surface area contributed by atoms with E-state index in [-0.39, 0.29) is 11.5 Å². The first-order valence-corrected chi connectivity index (χ1v) is 15.6. The number of nitrogens with one attached hydrogen (secondary N) is 1. The molecule has 0 fully saturated rings. The molecule has 0 spiro atoms. The molecule has 31 heavy (non-hydrogen) atoms. The van der Waals surface area contributed by atoms with Gasteiger partial charge in [0.2, 0.25) is 0 Å². The molecule has 0 radical (unpaired) electrons. The zero-order valence-corrected chi connectivity index (χ0v) is 20.9. The number of nitrogens with zero attached hydrogens (tertiary/aromatic N) is 2. The van der Waals surface area contributed by atoms with Crippen LogP contribution < -0.4 is 5.56 Å². The summed E-state index contributed by atoms with van der Waals surface area (Å²) in [5.74, 6) is 0.0388. The Morgan fingerprint density at radius 2 is 2.16 bits per heavy atom. The number of hydrogen-bond donors (Lipinski definition) is 2. The molecule has 1 atom stereocenters. The molecule has 168 valence electrons. The van der Waals surface area contributed by atoms with Gasteiger partial charge in [-0.05, 0) is 42.9 Å². The quantitative estimate of drug-likeness (QED) is 0.387. The fourth-order valence-electron chi connectivity index (χ4n) is 4.27. The van der Waals surface area contributed by atoms with Gasteiger partial charge in [0, 0.05) is 36.7 Å². The summed E-state index contributed by atoms with van der Waals surface area (Å²) in [4.78, 5) is 16.9. The molecule has 3 aromatic heterocycles. The average Bonchev–Trinajstić information content (AvgIpc) is 3.33. The molecule has 8 heteroatoms. The number of aliphatic hydroxyl groups is 1. The van der Waals surface area contributed by atoms with Gasteiger partial charge in [0.05, 0.1) is 11.9 Å². The van der Waals surface area contributed by atoms with Gasteiger partial charge in [-0.25, -0.2) is 4.68 Å². The van der Waals surface area contributed by atoms with Crippen molar-refractivity contribution in [2.75, 3.05) is 6.61 Å². The molecular weight excluding hydrogens is 426 g/mol. The third kappa shape index (κ3) is 4.44. The van der Waals surface area contributed by atoms with Gasteiger partial charge in [-0.3, -0.25) is 4.79 Å². The molecule has 4 rings (SSSR count). The van der Waals surface area contributed by atoms with Crippen LogP contribution in [-0.2, 0) is 23.5 Å². The van der Waals surface area contributed by atoms with E-state index >= 15 is 0 Å². The normalized spacial score (nSPS) is 19.3. The molecular formula is C23H33N3O3SSi. The highest BCUT2D eigenvalue weighted by Gasteiger charge is 2.39. The number of aryl methyl sites for hydroxylation is 1. The highest BCUT2D eigenvalue weighted by atomic mass is 32.1. The fraction of sp³-hybridized carbons (Fsp3) is 0.565. The highest BCUT2D eigenvalue weighted by Crippen LogP contribution is 2.43. The molecule has 6 nitrogen and oxygen atoms in total. The summed E-state index contributed by atoms with van der Waals surface area (Å²) in [6.07, 6.45) is 6.28. The summed E-state index contributed by atoms with van der Waals surface area (Å²) < 4.78 is 8.33. The van der Waals surface area contributed by atoms with Crippen LogP contribution in [0.25, 0.3) is 20.5 Å². The molecule has 0 aromatic carbocycles. The molecule has 0 amide bonds. The van der Waals surface area contributed by atoms with Crippen LogP contribution >= 0.6 is 11.3 Å². The van der Waals surface area contributed by atoms with Crippen molar-refractivity contribution in [1.29, 1.82) is 0 Å². The molecule has 3 aromatic rings. The second kappa shape index (κ2) is 8.31. The van der Waals surface area contributed by atoms with Crippen molar-refractivity contribution in [1.82, 2.24) is 14.8 Å². The molecule has 1 unspecified atom stereocenters. The van der Waals surface area contributed by atoms with Crippen molar-refractivity contribution in [2.24, 2.45) is 5.92 Å². The van der Waals surface area contributed by atoms with Crippen molar-refractivity contribution in [3.05, 3.63) is 40.1 Å². The molecule has 2 N–H and O–H groups in total. The Kier molecular flexibility index (Phi) is 6.02. The smallest absolute Gasteiger partial charge is 0.266 e. The van der Waals surface area contributed by atoms with Gasteiger partial charge in [0.25, 0.3) is 5.56 Å². The minimum absolute atomic E-state index is 0.0388. The molecule has 0 aliphatic heterocycles. The minimum Gasteiger partial charge on any atom is -0.383 e. The number of rotatable bonds is 7. The van der Waals surface area contributed by atoms with Gasteiger partial charge < -0.3 is 14.8 Å². The van der Waals surface area contributed by atoms with E-state index in [0.29, 0.717) is 18.8 Å². The lowest BCUT2D eigenvalue weighted by atomic mass is 9.75. The van der Waals surface area contributed by atoms with Gasteiger partial charge in [0.1, 0.15) is 17.0 Å². The second-order valence-electron chi connectivity index (χ2n) is 10.2. The molecule has 0 bridgehead atoms. The van der Waals surface area contributed by atoms with Crippen LogP contribution in [0.2, 0.25) is 25.7 Å². The predicted octanol–water partition coefficient (Wildman–Crippen LogP) is 4.95. The molecule has 0 saturated heterocycles. The van der Waals surface area contributed by atoms with E-state index < -0.39 is 13.7 Å². The van der Waals surface area contributed by atoms with Crippen molar-refractivity contribution in [2.45, 2.75) is 71.1 Å². The number of H-pyrrole nitrogens is 1. The van der Waals surface area contributed by atoms with Crippen LogP contribution in [0.1, 0.15) is 37.9 Å². The van der Waals surface area contributed by atoms with Crippen molar-refractivity contribution >= 4 is 29.5 Å². The molecule has 0 saturated carbocycles. The van der Waals surface area contributed by atoms with E-state index in [1.165, 1.54) is 11.3 Å². The monoisotopic (exact) mass is 459 g/mol. The number of ether oxygens (including phenoxy) is 1. The Labute approximate surface area is 188 Å². The predicted molar refractivity (Wildman–Crippen MR) is 129 cm³/mol. The first-order chi connectivity index (χ1) is 14.6. The maximum Gasteiger partial charge on any atom is 0.266 e. The van der Waals surface area contributed by atoms with E-state index in [0.717, 1.165) is 51.6 Å². The summed E-state index contributed by atoms with van der Waals surface area (Å²) in [5, 5.41) is 16.7. The Balaban J connectivity index is 1.62. The summed E-state index contributed by atoms with van der Waals surface area (Å²) >= 11 is 1.49. The summed E-state index contributed by atoms with van der Waals surface area (Å²) in [6, 6.07) is 3.22. The molecule has 1 aliphatic rings. The third-order valence-corrected chi connectivity index (χ3v) is 9.20. The van der Waals surface area contributed by atoms with E-state index in [1.54, 1.807) is 4.68 Å². The zero-order valence-electron chi connectivity index (χ0n) is 19.1. The largest absolute Gasteiger partial charge is 0.383 e. The van der Waals surface area contributed by atoms with Gasteiger partial charge in [-0.15, -0.1) is 11.3 Å². The Morgan fingerprint density at radius 3 is 2.87 bits per heavy atom. The third-order valence-electron chi connectivity index (χ3n) is 6.31. The second-order valence-corrected chi connectivity index (χ2v) is 16.9. The Morgan fingerprint density at radius 1 is 1.39 bits per heavy atom. The number of pyridine rings is 1. The minimum atomic E-state index is -1.10. The van der Waals surface area contributed by atoms with Crippen LogP contribution in [0.4, 0.5) is 0 Å². The maximum absolute atomic E-state index is 12.9.